The minimum atomic E-state index is -0.284. The molecule has 0 radical (unpaired) electrons. The quantitative estimate of drug-likeness (QED) is 0.518. The van der Waals surface area contributed by atoms with Crippen molar-refractivity contribution < 1.29 is 18.7 Å². The second-order valence-corrected chi connectivity index (χ2v) is 6.44. The van der Waals surface area contributed by atoms with Gasteiger partial charge in [-0.05, 0) is 67.4 Å². The molecule has 0 aliphatic carbocycles. The van der Waals surface area contributed by atoms with E-state index in [1.54, 1.807) is 48.8 Å². The van der Waals surface area contributed by atoms with E-state index in [4.69, 9.17) is 9.47 Å². The van der Waals surface area contributed by atoms with E-state index < -0.39 is 0 Å². The van der Waals surface area contributed by atoms with Crippen molar-refractivity contribution in [3.05, 3.63) is 90.0 Å². The van der Waals surface area contributed by atoms with Gasteiger partial charge in [0, 0.05) is 30.1 Å². The zero-order chi connectivity index (χ0) is 20.3. The highest BCUT2D eigenvalue weighted by Crippen LogP contribution is 2.14. The molecular formula is C23H23FN2O3. The fraction of sp³-hybridized carbons (Fsp3) is 0.217. The Kier molecular flexibility index (Phi) is 7.57. The van der Waals surface area contributed by atoms with Crippen molar-refractivity contribution in [3.63, 3.8) is 0 Å². The molecule has 5 nitrogen and oxygen atoms in total. The Bertz CT molecular complexity index is 884. The normalized spacial score (nSPS) is 10.4. The van der Waals surface area contributed by atoms with Crippen LogP contribution in [0, 0.1) is 5.82 Å². The molecule has 0 spiro atoms. The van der Waals surface area contributed by atoms with E-state index in [2.05, 4.69) is 10.3 Å². The third-order valence-electron chi connectivity index (χ3n) is 4.18. The van der Waals surface area contributed by atoms with E-state index in [1.165, 1.54) is 12.1 Å². The summed E-state index contributed by atoms with van der Waals surface area (Å²) >= 11 is 0. The average molecular weight is 394 g/mol. The summed E-state index contributed by atoms with van der Waals surface area (Å²) in [5.74, 6) is 0.932. The number of ether oxygens (including phenoxy) is 2. The lowest BCUT2D eigenvalue weighted by molar-refractivity contribution is 0.0952. The molecule has 1 heterocycles. The Balaban J connectivity index is 1.32. The summed E-state index contributed by atoms with van der Waals surface area (Å²) in [6, 6.07) is 16.8. The van der Waals surface area contributed by atoms with Crippen LogP contribution in [0.25, 0.3) is 0 Å². The number of nitrogens with one attached hydrogen (secondary N) is 1. The Morgan fingerprint density at radius 1 is 0.931 bits per heavy atom. The number of carbonyl (C=O) groups is 1. The van der Waals surface area contributed by atoms with Gasteiger partial charge >= 0.3 is 0 Å². The van der Waals surface area contributed by atoms with Crippen LogP contribution in [0.2, 0.25) is 0 Å². The first-order chi connectivity index (χ1) is 14.2. The van der Waals surface area contributed by atoms with Crippen LogP contribution in [0.15, 0.2) is 73.1 Å². The summed E-state index contributed by atoms with van der Waals surface area (Å²) in [6.45, 7) is 1.51. The molecule has 1 aromatic heterocycles. The Morgan fingerprint density at radius 3 is 2.38 bits per heavy atom. The summed E-state index contributed by atoms with van der Waals surface area (Å²) in [4.78, 5) is 16.2. The van der Waals surface area contributed by atoms with Crippen molar-refractivity contribution in [3.8, 4) is 11.5 Å². The lowest BCUT2D eigenvalue weighted by Gasteiger charge is -2.09. The van der Waals surface area contributed by atoms with Gasteiger partial charge in [0.15, 0.2) is 0 Å². The van der Waals surface area contributed by atoms with E-state index >= 15 is 0 Å². The highest BCUT2D eigenvalue weighted by atomic mass is 19.1. The van der Waals surface area contributed by atoms with Crippen molar-refractivity contribution in [2.75, 3.05) is 13.2 Å². The molecule has 0 aliphatic heterocycles. The first-order valence-corrected chi connectivity index (χ1v) is 9.49. The van der Waals surface area contributed by atoms with E-state index in [-0.39, 0.29) is 11.7 Å². The van der Waals surface area contributed by atoms with Crippen molar-refractivity contribution in [1.29, 1.82) is 0 Å². The van der Waals surface area contributed by atoms with Gasteiger partial charge in [-0.15, -0.1) is 0 Å². The molecule has 0 saturated heterocycles. The van der Waals surface area contributed by atoms with Crippen molar-refractivity contribution >= 4 is 5.91 Å². The number of rotatable bonds is 10. The third-order valence-corrected chi connectivity index (χ3v) is 4.18. The van der Waals surface area contributed by atoms with E-state index in [9.17, 15) is 9.18 Å². The van der Waals surface area contributed by atoms with Crippen molar-refractivity contribution in [2.45, 2.75) is 19.4 Å². The average Bonchev–Trinajstić information content (AvgIpc) is 2.77. The molecule has 0 fully saturated rings. The molecule has 1 amide bonds. The number of unbranched alkanes of at least 4 members (excludes halogenated alkanes) is 1. The molecule has 3 rings (SSSR count). The van der Waals surface area contributed by atoms with Gasteiger partial charge in [-0.3, -0.25) is 9.78 Å². The number of benzene rings is 2. The second kappa shape index (κ2) is 10.8. The Hall–Kier alpha value is -3.41. The van der Waals surface area contributed by atoms with Crippen molar-refractivity contribution in [1.82, 2.24) is 10.3 Å². The van der Waals surface area contributed by atoms with Gasteiger partial charge in [-0.25, -0.2) is 4.39 Å². The molecule has 150 valence electrons. The van der Waals surface area contributed by atoms with Crippen LogP contribution in [0.4, 0.5) is 4.39 Å². The van der Waals surface area contributed by atoms with Gasteiger partial charge in [0.25, 0.3) is 5.91 Å². The van der Waals surface area contributed by atoms with Gasteiger partial charge in [0.05, 0.1) is 6.61 Å². The first kappa shape index (κ1) is 20.3. The number of carbonyl (C=O) groups excluding carboxylic acids is 1. The maximum Gasteiger partial charge on any atom is 0.251 e. The molecular weight excluding hydrogens is 371 g/mol. The highest BCUT2D eigenvalue weighted by Gasteiger charge is 2.05. The molecule has 0 bridgehead atoms. The predicted octanol–water partition coefficient (Wildman–Crippen LogP) is 4.39. The van der Waals surface area contributed by atoms with Crippen molar-refractivity contribution in [2.24, 2.45) is 0 Å². The summed E-state index contributed by atoms with van der Waals surface area (Å²) in [6.07, 6.45) is 5.06. The van der Waals surface area contributed by atoms with Crippen LogP contribution in [0.3, 0.4) is 0 Å². The van der Waals surface area contributed by atoms with E-state index in [1.807, 2.05) is 12.1 Å². The number of pyridine rings is 1. The summed E-state index contributed by atoms with van der Waals surface area (Å²) in [5.41, 5.74) is 1.57. The summed E-state index contributed by atoms with van der Waals surface area (Å²) in [5, 5.41) is 2.89. The maximum absolute atomic E-state index is 12.8. The van der Waals surface area contributed by atoms with E-state index in [0.717, 1.165) is 18.4 Å². The van der Waals surface area contributed by atoms with Crippen LogP contribution in [0.1, 0.15) is 28.8 Å². The number of halogens is 1. The largest absolute Gasteiger partial charge is 0.494 e. The van der Waals surface area contributed by atoms with Crippen LogP contribution in [-0.2, 0) is 6.61 Å². The second-order valence-electron chi connectivity index (χ2n) is 6.44. The minimum absolute atomic E-state index is 0.122. The van der Waals surface area contributed by atoms with Gasteiger partial charge in [-0.2, -0.15) is 0 Å². The first-order valence-electron chi connectivity index (χ1n) is 9.49. The van der Waals surface area contributed by atoms with Gasteiger partial charge < -0.3 is 14.8 Å². The smallest absolute Gasteiger partial charge is 0.251 e. The SMILES string of the molecule is O=C(NCCCCOc1ccc(F)cc1)c1ccc(OCc2cccnc2)cc1. The molecule has 29 heavy (non-hydrogen) atoms. The molecule has 2 aromatic carbocycles. The highest BCUT2D eigenvalue weighted by molar-refractivity contribution is 5.94. The standard InChI is InChI=1S/C23H23FN2O3/c24-20-7-11-21(12-8-20)28-15-2-1-14-26-23(27)19-5-9-22(10-6-19)29-17-18-4-3-13-25-16-18/h3-13,16H,1-2,14-15,17H2,(H,26,27). The Morgan fingerprint density at radius 2 is 1.66 bits per heavy atom. The molecule has 0 atom stereocenters. The predicted molar refractivity (Wildman–Crippen MR) is 108 cm³/mol. The number of amides is 1. The Labute approximate surface area is 169 Å². The molecule has 6 heteroatoms. The number of aromatic nitrogens is 1. The topological polar surface area (TPSA) is 60.5 Å². The van der Waals surface area contributed by atoms with Crippen LogP contribution in [-0.4, -0.2) is 24.0 Å². The fourth-order valence-electron chi connectivity index (χ4n) is 2.60. The zero-order valence-electron chi connectivity index (χ0n) is 16.0. The lowest BCUT2D eigenvalue weighted by atomic mass is 10.2. The van der Waals surface area contributed by atoms with E-state index in [0.29, 0.717) is 36.8 Å². The van der Waals surface area contributed by atoms with Gasteiger partial charge in [0.1, 0.15) is 23.9 Å². The molecule has 0 saturated carbocycles. The molecule has 1 N–H and O–H groups in total. The van der Waals surface area contributed by atoms with Crippen LogP contribution in [0.5, 0.6) is 11.5 Å². The number of hydrogen-bond acceptors (Lipinski definition) is 4. The van der Waals surface area contributed by atoms with Crippen LogP contribution >= 0.6 is 0 Å². The summed E-state index contributed by atoms with van der Waals surface area (Å²) < 4.78 is 24.0. The van der Waals surface area contributed by atoms with Crippen LogP contribution < -0.4 is 14.8 Å². The van der Waals surface area contributed by atoms with Gasteiger partial charge in [-0.1, -0.05) is 6.07 Å². The number of nitrogens with zero attached hydrogens (tertiary/aromatic N) is 1. The molecule has 0 aliphatic rings. The fourth-order valence-corrected chi connectivity index (χ4v) is 2.60. The third kappa shape index (κ3) is 6.92. The van der Waals surface area contributed by atoms with Gasteiger partial charge in [0.2, 0.25) is 0 Å². The zero-order valence-corrected chi connectivity index (χ0v) is 16.0. The minimum Gasteiger partial charge on any atom is -0.494 e. The summed E-state index contributed by atoms with van der Waals surface area (Å²) in [7, 11) is 0. The molecule has 3 aromatic rings. The number of hydrogen-bond donors (Lipinski definition) is 1. The maximum atomic E-state index is 12.8. The molecule has 0 unspecified atom stereocenters. The monoisotopic (exact) mass is 394 g/mol. The lowest BCUT2D eigenvalue weighted by Crippen LogP contribution is -2.24.